The zero-order valence-electron chi connectivity index (χ0n) is 12.8. The number of carbonyl (C=O) groups excluding carboxylic acids is 2. The summed E-state index contributed by atoms with van der Waals surface area (Å²) in [6.45, 7) is 3.92. The van der Waals surface area contributed by atoms with Crippen LogP contribution in [0, 0.1) is 11.8 Å². The van der Waals surface area contributed by atoms with Crippen LogP contribution in [0.2, 0.25) is 0 Å². The number of amides is 2. The van der Waals surface area contributed by atoms with Gasteiger partial charge in [0.2, 0.25) is 11.8 Å². The topological polar surface area (TPSA) is 53.5 Å². The summed E-state index contributed by atoms with van der Waals surface area (Å²) < 4.78 is 0. The number of allylic oxidation sites excluding steroid dienone is 2. The van der Waals surface area contributed by atoms with E-state index in [4.69, 9.17) is 0 Å². The number of nitrogens with zero attached hydrogens (tertiary/aromatic N) is 3. The second kappa shape index (κ2) is 6.40. The Bertz CT molecular complexity index is 559. The number of hydrogen-bond donors (Lipinski definition) is 0. The summed E-state index contributed by atoms with van der Waals surface area (Å²) in [6, 6.07) is 3.92. The molecule has 5 heteroatoms. The van der Waals surface area contributed by atoms with Gasteiger partial charge in [-0.05, 0) is 37.1 Å². The molecule has 2 atom stereocenters. The molecule has 2 unspecified atom stereocenters. The molecule has 0 aromatic carbocycles. The highest BCUT2D eigenvalue weighted by atomic mass is 16.2. The van der Waals surface area contributed by atoms with Gasteiger partial charge in [0.1, 0.15) is 0 Å². The molecule has 5 nitrogen and oxygen atoms in total. The fourth-order valence-electron chi connectivity index (χ4n) is 3.22. The number of imide groups is 1. The van der Waals surface area contributed by atoms with Crippen LogP contribution >= 0.6 is 0 Å². The molecule has 2 heterocycles. The van der Waals surface area contributed by atoms with Crippen molar-refractivity contribution >= 4 is 11.8 Å². The Morgan fingerprint density at radius 2 is 1.73 bits per heavy atom. The summed E-state index contributed by atoms with van der Waals surface area (Å²) >= 11 is 0. The van der Waals surface area contributed by atoms with E-state index >= 15 is 0 Å². The minimum absolute atomic E-state index is 0.00692. The Morgan fingerprint density at radius 3 is 2.27 bits per heavy atom. The molecule has 3 rings (SSSR count). The van der Waals surface area contributed by atoms with Crippen molar-refractivity contribution in [2.75, 3.05) is 13.2 Å². The van der Waals surface area contributed by atoms with E-state index < -0.39 is 0 Å². The van der Waals surface area contributed by atoms with Gasteiger partial charge in [-0.2, -0.15) is 0 Å². The van der Waals surface area contributed by atoms with E-state index in [2.05, 4.69) is 9.88 Å². The first kappa shape index (κ1) is 14.9. The van der Waals surface area contributed by atoms with Gasteiger partial charge in [-0.25, -0.2) is 0 Å². The van der Waals surface area contributed by atoms with Crippen molar-refractivity contribution in [3.05, 3.63) is 42.2 Å². The quantitative estimate of drug-likeness (QED) is 0.614. The molecule has 1 aliphatic heterocycles. The molecular formula is C17H21N3O2. The lowest BCUT2D eigenvalue weighted by molar-refractivity contribution is -0.142. The molecule has 1 aromatic heterocycles. The molecule has 1 saturated heterocycles. The Hall–Kier alpha value is -2.01. The second-order valence-electron chi connectivity index (χ2n) is 5.90. The van der Waals surface area contributed by atoms with Gasteiger partial charge in [0.05, 0.1) is 18.5 Å². The number of likely N-dealkylation sites (tertiary alicyclic amines) is 1. The largest absolute Gasteiger partial charge is 0.282 e. The third kappa shape index (κ3) is 2.81. The van der Waals surface area contributed by atoms with Crippen LogP contribution in [-0.2, 0) is 16.1 Å². The lowest BCUT2D eigenvalue weighted by Gasteiger charge is -2.25. The van der Waals surface area contributed by atoms with Crippen LogP contribution in [0.25, 0.3) is 0 Å². The van der Waals surface area contributed by atoms with Crippen molar-refractivity contribution in [2.24, 2.45) is 11.8 Å². The Labute approximate surface area is 130 Å². The third-order valence-corrected chi connectivity index (χ3v) is 4.54. The van der Waals surface area contributed by atoms with Gasteiger partial charge in [0, 0.05) is 18.9 Å². The van der Waals surface area contributed by atoms with Crippen LogP contribution in [0.1, 0.15) is 25.3 Å². The predicted molar refractivity (Wildman–Crippen MR) is 82.4 cm³/mol. The first-order chi connectivity index (χ1) is 10.7. The van der Waals surface area contributed by atoms with Crippen molar-refractivity contribution in [3.8, 4) is 0 Å². The number of rotatable bonds is 5. The standard InChI is InChI=1S/C17H21N3O2/c1-2-19(11-13-7-9-18-10-8-13)12-20-16(21)14-5-3-4-6-15(14)17(20)22/h3-4,7-10,14-15H,2,5-6,11-12H2,1H3. The minimum atomic E-state index is -0.142. The van der Waals surface area contributed by atoms with E-state index in [0.717, 1.165) is 12.1 Å². The molecule has 1 fully saturated rings. The molecule has 1 aliphatic carbocycles. The summed E-state index contributed by atoms with van der Waals surface area (Å²) in [5, 5.41) is 0. The van der Waals surface area contributed by atoms with E-state index in [1.165, 1.54) is 4.90 Å². The molecule has 2 aliphatic rings. The number of pyridine rings is 1. The van der Waals surface area contributed by atoms with Gasteiger partial charge >= 0.3 is 0 Å². The fourth-order valence-corrected chi connectivity index (χ4v) is 3.22. The second-order valence-corrected chi connectivity index (χ2v) is 5.90. The maximum absolute atomic E-state index is 12.5. The molecular weight excluding hydrogens is 278 g/mol. The van der Waals surface area contributed by atoms with E-state index in [-0.39, 0.29) is 23.7 Å². The van der Waals surface area contributed by atoms with Crippen molar-refractivity contribution in [3.63, 3.8) is 0 Å². The normalized spacial score (nSPS) is 24.2. The van der Waals surface area contributed by atoms with Gasteiger partial charge in [0.25, 0.3) is 0 Å². The van der Waals surface area contributed by atoms with Crippen LogP contribution in [0.4, 0.5) is 0 Å². The van der Waals surface area contributed by atoms with Gasteiger partial charge in [-0.15, -0.1) is 0 Å². The van der Waals surface area contributed by atoms with E-state index in [0.29, 0.717) is 26.1 Å². The monoisotopic (exact) mass is 299 g/mol. The Balaban J connectivity index is 1.68. The van der Waals surface area contributed by atoms with Crippen LogP contribution in [0.5, 0.6) is 0 Å². The molecule has 0 saturated carbocycles. The number of carbonyl (C=O) groups is 2. The summed E-state index contributed by atoms with van der Waals surface area (Å²) in [5.41, 5.74) is 1.13. The highest BCUT2D eigenvalue weighted by Crippen LogP contribution is 2.35. The molecule has 0 spiro atoms. The SMILES string of the molecule is CCN(Cc1ccncc1)CN1C(=O)C2CC=CCC2C1=O. The van der Waals surface area contributed by atoms with Crippen LogP contribution in [0.3, 0.4) is 0 Å². The maximum Gasteiger partial charge on any atom is 0.234 e. The van der Waals surface area contributed by atoms with E-state index in [9.17, 15) is 9.59 Å². The Morgan fingerprint density at radius 1 is 1.14 bits per heavy atom. The van der Waals surface area contributed by atoms with Crippen LogP contribution in [-0.4, -0.2) is 39.8 Å². The average molecular weight is 299 g/mol. The van der Waals surface area contributed by atoms with Crippen molar-refractivity contribution in [1.82, 2.24) is 14.8 Å². The minimum Gasteiger partial charge on any atom is -0.282 e. The molecule has 116 valence electrons. The highest BCUT2D eigenvalue weighted by Gasteiger charge is 2.47. The lowest BCUT2D eigenvalue weighted by atomic mass is 9.85. The zero-order chi connectivity index (χ0) is 15.5. The van der Waals surface area contributed by atoms with Crippen LogP contribution < -0.4 is 0 Å². The smallest absolute Gasteiger partial charge is 0.234 e. The van der Waals surface area contributed by atoms with Crippen molar-refractivity contribution in [1.29, 1.82) is 0 Å². The van der Waals surface area contributed by atoms with E-state index in [1.54, 1.807) is 12.4 Å². The molecule has 2 amide bonds. The zero-order valence-corrected chi connectivity index (χ0v) is 12.8. The summed E-state index contributed by atoms with van der Waals surface area (Å²) in [4.78, 5) is 32.5. The summed E-state index contributed by atoms with van der Waals surface area (Å²) in [5.74, 6) is -0.297. The maximum atomic E-state index is 12.5. The van der Waals surface area contributed by atoms with E-state index in [1.807, 2.05) is 31.2 Å². The number of hydrogen-bond acceptors (Lipinski definition) is 4. The Kier molecular flexibility index (Phi) is 4.34. The molecule has 0 N–H and O–H groups in total. The molecule has 0 bridgehead atoms. The number of aromatic nitrogens is 1. The lowest BCUT2D eigenvalue weighted by Crippen LogP contribution is -2.41. The van der Waals surface area contributed by atoms with Gasteiger partial charge in [-0.3, -0.25) is 24.4 Å². The highest BCUT2D eigenvalue weighted by molar-refractivity contribution is 6.05. The number of fused-ring (bicyclic) bond motifs is 1. The van der Waals surface area contributed by atoms with Crippen LogP contribution in [0.15, 0.2) is 36.7 Å². The first-order valence-electron chi connectivity index (χ1n) is 7.82. The van der Waals surface area contributed by atoms with Crippen molar-refractivity contribution in [2.45, 2.75) is 26.3 Å². The average Bonchev–Trinajstić information content (AvgIpc) is 2.80. The van der Waals surface area contributed by atoms with Gasteiger partial charge in [0.15, 0.2) is 0 Å². The first-order valence-corrected chi connectivity index (χ1v) is 7.82. The summed E-state index contributed by atoms with van der Waals surface area (Å²) in [6.07, 6.45) is 8.95. The molecule has 22 heavy (non-hydrogen) atoms. The predicted octanol–water partition coefficient (Wildman–Crippen LogP) is 1.81. The molecule has 0 radical (unpaired) electrons. The molecule has 1 aromatic rings. The van der Waals surface area contributed by atoms with Crippen molar-refractivity contribution < 1.29 is 9.59 Å². The summed E-state index contributed by atoms with van der Waals surface area (Å²) in [7, 11) is 0. The fraction of sp³-hybridized carbons (Fsp3) is 0.471. The van der Waals surface area contributed by atoms with Gasteiger partial charge < -0.3 is 0 Å². The third-order valence-electron chi connectivity index (χ3n) is 4.54. The van der Waals surface area contributed by atoms with Gasteiger partial charge in [-0.1, -0.05) is 19.1 Å².